The summed E-state index contributed by atoms with van der Waals surface area (Å²) < 4.78 is 28.2. The molecule has 1 saturated heterocycles. The van der Waals surface area contributed by atoms with Crippen LogP contribution in [0.2, 0.25) is 0 Å². The van der Waals surface area contributed by atoms with Crippen molar-refractivity contribution >= 4 is 28.8 Å². The highest BCUT2D eigenvalue weighted by Crippen LogP contribution is 2.37. The molecule has 2 aromatic carbocycles. The third-order valence-corrected chi connectivity index (χ3v) is 5.55. The Morgan fingerprint density at radius 3 is 2.42 bits per heavy atom. The second kappa shape index (κ2) is 7.90. The molecule has 0 radical (unpaired) electrons. The summed E-state index contributed by atoms with van der Waals surface area (Å²) in [5, 5.41) is 11.0. The van der Waals surface area contributed by atoms with Gasteiger partial charge in [-0.2, -0.15) is 0 Å². The topological polar surface area (TPSA) is 83.8 Å². The molecule has 1 unspecified atom stereocenters. The number of imide groups is 1. The zero-order chi connectivity index (χ0) is 22.3. The third kappa shape index (κ3) is 3.67. The molecule has 4 rings (SSSR count). The normalized spacial score (nSPS) is 19.4. The van der Waals surface area contributed by atoms with Gasteiger partial charge in [0.15, 0.2) is 0 Å². The summed E-state index contributed by atoms with van der Waals surface area (Å²) in [7, 11) is 0. The number of hydrogen-bond donors (Lipinski definition) is 0. The molecule has 0 aromatic heterocycles. The molecular formula is C22H19F2N3O4. The van der Waals surface area contributed by atoms with Gasteiger partial charge in [-0.3, -0.25) is 19.7 Å². The van der Waals surface area contributed by atoms with E-state index in [4.69, 9.17) is 0 Å². The van der Waals surface area contributed by atoms with Gasteiger partial charge in [0.2, 0.25) is 0 Å². The number of rotatable bonds is 4. The largest absolute Gasteiger partial charge is 0.366 e. The Kier molecular flexibility index (Phi) is 5.26. The highest BCUT2D eigenvalue weighted by Gasteiger charge is 2.44. The minimum atomic E-state index is -0.903. The Morgan fingerprint density at radius 1 is 1.06 bits per heavy atom. The fourth-order valence-corrected chi connectivity index (χ4v) is 4.09. The van der Waals surface area contributed by atoms with Gasteiger partial charge in [0, 0.05) is 31.3 Å². The van der Waals surface area contributed by atoms with E-state index in [1.54, 1.807) is 4.90 Å². The molecule has 0 bridgehead atoms. The SMILES string of the molecule is CC1CCCN(C2=C(c3ccc([N+](=O)[O-])cc3)C(=O)N(c3cc(F)ccc3F)C2=O)C1. The number of benzene rings is 2. The summed E-state index contributed by atoms with van der Waals surface area (Å²) in [5.74, 6) is -2.94. The molecule has 1 fully saturated rings. The molecule has 7 nitrogen and oxygen atoms in total. The molecular weight excluding hydrogens is 408 g/mol. The average molecular weight is 427 g/mol. The van der Waals surface area contributed by atoms with Crippen molar-refractivity contribution in [2.45, 2.75) is 19.8 Å². The van der Waals surface area contributed by atoms with Gasteiger partial charge in [0.1, 0.15) is 17.3 Å². The van der Waals surface area contributed by atoms with E-state index in [9.17, 15) is 28.5 Å². The summed E-state index contributed by atoms with van der Waals surface area (Å²) >= 11 is 0. The van der Waals surface area contributed by atoms with E-state index in [-0.39, 0.29) is 22.9 Å². The average Bonchev–Trinajstić information content (AvgIpc) is 3.00. The molecule has 2 amide bonds. The monoisotopic (exact) mass is 427 g/mol. The van der Waals surface area contributed by atoms with Crippen LogP contribution in [-0.2, 0) is 9.59 Å². The second-order valence-corrected chi connectivity index (χ2v) is 7.76. The number of halogens is 2. The predicted molar refractivity (Wildman–Crippen MR) is 109 cm³/mol. The first-order valence-corrected chi connectivity index (χ1v) is 9.86. The van der Waals surface area contributed by atoms with E-state index < -0.39 is 34.1 Å². The Labute approximate surface area is 176 Å². The van der Waals surface area contributed by atoms with Crippen molar-refractivity contribution in [2.24, 2.45) is 5.92 Å². The maximum atomic E-state index is 14.5. The van der Waals surface area contributed by atoms with E-state index in [0.29, 0.717) is 23.6 Å². The number of non-ortho nitro benzene ring substituents is 1. The summed E-state index contributed by atoms with van der Waals surface area (Å²) in [5.41, 5.74) is -0.194. The Morgan fingerprint density at radius 2 is 1.77 bits per heavy atom. The molecule has 2 heterocycles. The van der Waals surface area contributed by atoms with Crippen molar-refractivity contribution in [1.29, 1.82) is 0 Å². The zero-order valence-corrected chi connectivity index (χ0v) is 16.7. The van der Waals surface area contributed by atoms with Gasteiger partial charge in [-0.1, -0.05) is 6.92 Å². The van der Waals surface area contributed by atoms with Crippen LogP contribution in [-0.4, -0.2) is 34.7 Å². The van der Waals surface area contributed by atoms with E-state index in [1.165, 1.54) is 24.3 Å². The highest BCUT2D eigenvalue weighted by molar-refractivity contribution is 6.45. The van der Waals surface area contributed by atoms with Gasteiger partial charge >= 0.3 is 0 Å². The first-order chi connectivity index (χ1) is 14.8. The van der Waals surface area contributed by atoms with Gasteiger partial charge in [0.25, 0.3) is 17.5 Å². The number of anilines is 1. The number of carbonyl (C=O) groups excluding carboxylic acids is 2. The first kappa shape index (κ1) is 20.6. The number of amides is 2. The molecule has 2 aliphatic heterocycles. The van der Waals surface area contributed by atoms with Crippen molar-refractivity contribution < 1.29 is 23.3 Å². The predicted octanol–water partition coefficient (Wildman–Crippen LogP) is 3.89. The summed E-state index contributed by atoms with van der Waals surface area (Å²) in [6.07, 6.45) is 1.79. The minimum absolute atomic E-state index is 0.0256. The van der Waals surface area contributed by atoms with E-state index in [1.807, 2.05) is 6.92 Å². The number of nitrogens with zero attached hydrogens (tertiary/aromatic N) is 3. The maximum Gasteiger partial charge on any atom is 0.282 e. The number of carbonyl (C=O) groups is 2. The standard InChI is InChI=1S/C22H19F2N3O4/c1-13-3-2-10-25(12-13)20-19(14-4-7-16(8-5-14)27(30)31)21(28)26(22(20)29)18-11-15(23)6-9-17(18)24/h4-9,11,13H,2-3,10,12H2,1H3. The smallest absolute Gasteiger partial charge is 0.282 e. The van der Waals surface area contributed by atoms with E-state index in [0.717, 1.165) is 31.0 Å². The molecule has 2 aliphatic rings. The van der Waals surface area contributed by atoms with Crippen LogP contribution in [0.4, 0.5) is 20.2 Å². The van der Waals surface area contributed by atoms with Crippen LogP contribution in [0, 0.1) is 27.7 Å². The number of piperidine rings is 1. The van der Waals surface area contributed by atoms with Gasteiger partial charge in [-0.25, -0.2) is 13.7 Å². The number of nitro benzene ring substituents is 1. The Bertz CT molecular complexity index is 1110. The van der Waals surface area contributed by atoms with Crippen LogP contribution in [0.3, 0.4) is 0 Å². The summed E-state index contributed by atoms with van der Waals surface area (Å²) in [6.45, 7) is 3.10. The Hall–Kier alpha value is -3.62. The lowest BCUT2D eigenvalue weighted by Crippen LogP contribution is -2.39. The fourth-order valence-electron chi connectivity index (χ4n) is 4.09. The van der Waals surface area contributed by atoms with Crippen LogP contribution in [0.15, 0.2) is 48.2 Å². The molecule has 2 aromatic rings. The van der Waals surface area contributed by atoms with E-state index in [2.05, 4.69) is 0 Å². The second-order valence-electron chi connectivity index (χ2n) is 7.76. The van der Waals surface area contributed by atoms with Gasteiger partial charge in [0.05, 0.1) is 16.2 Å². The minimum Gasteiger partial charge on any atom is -0.366 e. The number of hydrogen-bond acceptors (Lipinski definition) is 5. The summed E-state index contributed by atoms with van der Waals surface area (Å²) in [4.78, 5) is 39.5. The van der Waals surface area contributed by atoms with Crippen molar-refractivity contribution in [1.82, 2.24) is 4.90 Å². The quantitative estimate of drug-likeness (QED) is 0.420. The van der Waals surface area contributed by atoms with Crippen molar-refractivity contribution in [3.63, 3.8) is 0 Å². The fraction of sp³-hybridized carbons (Fsp3) is 0.273. The summed E-state index contributed by atoms with van der Waals surface area (Å²) in [6, 6.07) is 7.82. The maximum absolute atomic E-state index is 14.5. The zero-order valence-electron chi connectivity index (χ0n) is 16.7. The van der Waals surface area contributed by atoms with Crippen LogP contribution < -0.4 is 4.90 Å². The molecule has 1 atom stereocenters. The van der Waals surface area contributed by atoms with Crippen molar-refractivity contribution in [3.8, 4) is 0 Å². The lowest BCUT2D eigenvalue weighted by atomic mass is 9.97. The molecule has 0 saturated carbocycles. The van der Waals surface area contributed by atoms with Crippen molar-refractivity contribution in [2.75, 3.05) is 18.0 Å². The van der Waals surface area contributed by atoms with Gasteiger partial charge < -0.3 is 4.90 Å². The number of nitro groups is 1. The first-order valence-electron chi connectivity index (χ1n) is 9.86. The number of likely N-dealkylation sites (tertiary alicyclic amines) is 1. The molecule has 0 spiro atoms. The molecule has 160 valence electrons. The highest BCUT2D eigenvalue weighted by atomic mass is 19.1. The molecule has 31 heavy (non-hydrogen) atoms. The Balaban J connectivity index is 1.85. The van der Waals surface area contributed by atoms with Crippen LogP contribution in [0.1, 0.15) is 25.3 Å². The van der Waals surface area contributed by atoms with Gasteiger partial charge in [-0.15, -0.1) is 0 Å². The molecule has 0 aliphatic carbocycles. The van der Waals surface area contributed by atoms with Crippen LogP contribution in [0.25, 0.3) is 5.57 Å². The van der Waals surface area contributed by atoms with Crippen molar-refractivity contribution in [3.05, 3.63) is 75.5 Å². The molecule has 0 N–H and O–H groups in total. The lowest BCUT2D eigenvalue weighted by molar-refractivity contribution is -0.384. The van der Waals surface area contributed by atoms with Crippen LogP contribution in [0.5, 0.6) is 0 Å². The third-order valence-electron chi connectivity index (χ3n) is 5.55. The molecule has 9 heteroatoms. The van der Waals surface area contributed by atoms with Gasteiger partial charge in [-0.05, 0) is 48.6 Å². The lowest BCUT2D eigenvalue weighted by Gasteiger charge is -2.33. The van der Waals surface area contributed by atoms with E-state index >= 15 is 0 Å². The van der Waals surface area contributed by atoms with Crippen LogP contribution >= 0.6 is 0 Å².